The molecule has 0 unspecified atom stereocenters. The Morgan fingerprint density at radius 2 is 1.71 bits per heavy atom. The van der Waals surface area contributed by atoms with E-state index in [1.165, 1.54) is 0 Å². The Labute approximate surface area is 119 Å². The van der Waals surface area contributed by atoms with Gasteiger partial charge in [0.1, 0.15) is 5.82 Å². The summed E-state index contributed by atoms with van der Waals surface area (Å²) in [4.78, 5) is 12.3. The maximum absolute atomic E-state index is 13.2. The Morgan fingerprint density at radius 1 is 1.05 bits per heavy atom. The van der Waals surface area contributed by atoms with Gasteiger partial charge in [-0.2, -0.15) is 13.2 Å². The smallest absolute Gasteiger partial charge is 0.289 e. The van der Waals surface area contributed by atoms with Crippen molar-refractivity contribution < 1.29 is 22.4 Å². The van der Waals surface area contributed by atoms with Gasteiger partial charge in [0.15, 0.2) is 5.78 Å². The molecule has 0 spiro atoms. The van der Waals surface area contributed by atoms with Crippen LogP contribution in [0.2, 0.25) is 0 Å². The molecular weight excluding hydrogens is 284 g/mol. The van der Waals surface area contributed by atoms with Gasteiger partial charge in [-0.3, -0.25) is 4.79 Å². The van der Waals surface area contributed by atoms with Crippen molar-refractivity contribution in [1.82, 2.24) is 0 Å². The molecule has 0 saturated carbocycles. The van der Waals surface area contributed by atoms with Crippen LogP contribution in [-0.4, -0.2) is 5.78 Å². The van der Waals surface area contributed by atoms with Crippen molar-refractivity contribution in [3.63, 3.8) is 0 Å². The van der Waals surface area contributed by atoms with Crippen molar-refractivity contribution in [3.05, 3.63) is 70.0 Å². The molecule has 0 bridgehead atoms. The average molecular weight is 296 g/mol. The van der Waals surface area contributed by atoms with Crippen LogP contribution in [0, 0.1) is 19.7 Å². The van der Waals surface area contributed by atoms with Crippen LogP contribution < -0.4 is 0 Å². The number of ketones is 1. The van der Waals surface area contributed by atoms with Crippen LogP contribution in [0.25, 0.3) is 0 Å². The Morgan fingerprint density at radius 3 is 2.33 bits per heavy atom. The molecule has 2 aromatic rings. The summed E-state index contributed by atoms with van der Waals surface area (Å²) < 4.78 is 51.3. The summed E-state index contributed by atoms with van der Waals surface area (Å²) >= 11 is 0. The van der Waals surface area contributed by atoms with Gasteiger partial charge in [-0.05, 0) is 43.2 Å². The highest BCUT2D eigenvalue weighted by molar-refractivity contribution is 6.10. The number of aryl methyl sites for hydroxylation is 1. The number of alkyl halides is 3. The molecule has 0 amide bonds. The zero-order valence-corrected chi connectivity index (χ0v) is 11.4. The zero-order chi connectivity index (χ0) is 15.8. The van der Waals surface area contributed by atoms with Crippen LogP contribution in [0.5, 0.6) is 0 Å². The number of halogens is 4. The quantitative estimate of drug-likeness (QED) is 0.580. The Balaban J connectivity index is 2.52. The third-order valence-electron chi connectivity index (χ3n) is 3.38. The second-order valence-electron chi connectivity index (χ2n) is 4.77. The molecule has 5 heteroatoms. The number of benzene rings is 2. The lowest BCUT2D eigenvalue weighted by atomic mass is 9.95. The molecule has 2 rings (SSSR count). The van der Waals surface area contributed by atoms with E-state index < -0.39 is 23.3 Å². The Hall–Kier alpha value is -2.17. The standard InChI is InChI=1S/C16H12F4O/c1-9-4-3-5-12(10(9)2)15(21)11-6-7-14(17)13(8-11)16(18,19)20/h3-8H,1-2H3. The Kier molecular flexibility index (Phi) is 3.85. The largest absolute Gasteiger partial charge is 0.419 e. The monoisotopic (exact) mass is 296 g/mol. The van der Waals surface area contributed by atoms with Crippen LogP contribution in [-0.2, 0) is 6.18 Å². The van der Waals surface area contributed by atoms with E-state index in [1.54, 1.807) is 32.0 Å². The number of carbonyl (C=O) groups is 1. The topological polar surface area (TPSA) is 17.1 Å². The van der Waals surface area contributed by atoms with Gasteiger partial charge < -0.3 is 0 Å². The number of hydrogen-bond donors (Lipinski definition) is 0. The minimum atomic E-state index is -4.83. The first-order chi connectivity index (χ1) is 9.71. The van der Waals surface area contributed by atoms with E-state index in [0.29, 0.717) is 23.3 Å². The van der Waals surface area contributed by atoms with Gasteiger partial charge in [0.05, 0.1) is 5.56 Å². The first-order valence-corrected chi connectivity index (χ1v) is 6.19. The summed E-state index contributed by atoms with van der Waals surface area (Å²) in [6.45, 7) is 3.52. The molecule has 0 N–H and O–H groups in total. The molecule has 0 heterocycles. The maximum Gasteiger partial charge on any atom is 0.419 e. The van der Waals surface area contributed by atoms with E-state index in [2.05, 4.69) is 0 Å². The van der Waals surface area contributed by atoms with Crippen molar-refractivity contribution >= 4 is 5.78 Å². The second-order valence-corrected chi connectivity index (χ2v) is 4.77. The summed E-state index contributed by atoms with van der Waals surface area (Å²) in [6, 6.07) is 7.29. The molecule has 0 aliphatic carbocycles. The van der Waals surface area contributed by atoms with E-state index in [9.17, 15) is 22.4 Å². The molecule has 2 aromatic carbocycles. The first-order valence-electron chi connectivity index (χ1n) is 6.19. The van der Waals surface area contributed by atoms with E-state index in [-0.39, 0.29) is 5.56 Å². The minimum absolute atomic E-state index is 0.183. The van der Waals surface area contributed by atoms with Crippen molar-refractivity contribution in [2.45, 2.75) is 20.0 Å². The van der Waals surface area contributed by atoms with Gasteiger partial charge in [0, 0.05) is 11.1 Å². The molecule has 0 radical (unpaired) electrons. The van der Waals surface area contributed by atoms with E-state index in [4.69, 9.17) is 0 Å². The molecule has 1 nitrogen and oxygen atoms in total. The van der Waals surface area contributed by atoms with E-state index >= 15 is 0 Å². The van der Waals surface area contributed by atoms with Gasteiger partial charge >= 0.3 is 6.18 Å². The first kappa shape index (κ1) is 15.2. The Bertz CT molecular complexity index is 702. The predicted molar refractivity (Wildman–Crippen MR) is 70.8 cm³/mol. The summed E-state index contributed by atoms with van der Waals surface area (Å²) in [5.41, 5.74) is 0.255. The van der Waals surface area contributed by atoms with Gasteiger partial charge in [-0.1, -0.05) is 18.2 Å². The van der Waals surface area contributed by atoms with Crippen molar-refractivity contribution in [3.8, 4) is 0 Å². The maximum atomic E-state index is 13.2. The normalized spacial score (nSPS) is 11.5. The van der Waals surface area contributed by atoms with E-state index in [0.717, 1.165) is 11.6 Å². The van der Waals surface area contributed by atoms with Crippen molar-refractivity contribution in [2.24, 2.45) is 0 Å². The lowest BCUT2D eigenvalue weighted by Gasteiger charge is -2.11. The molecule has 0 saturated heterocycles. The number of carbonyl (C=O) groups excluding carboxylic acids is 1. The average Bonchev–Trinajstić information content (AvgIpc) is 2.40. The lowest BCUT2D eigenvalue weighted by molar-refractivity contribution is -0.140. The highest BCUT2D eigenvalue weighted by Gasteiger charge is 2.34. The molecule has 0 aliphatic rings. The highest BCUT2D eigenvalue weighted by Crippen LogP contribution is 2.32. The minimum Gasteiger partial charge on any atom is -0.289 e. The fourth-order valence-corrected chi connectivity index (χ4v) is 2.04. The number of hydrogen-bond acceptors (Lipinski definition) is 1. The highest BCUT2D eigenvalue weighted by atomic mass is 19.4. The predicted octanol–water partition coefficient (Wildman–Crippen LogP) is 4.69. The molecule has 0 fully saturated rings. The summed E-state index contributed by atoms with van der Waals surface area (Å²) in [5.74, 6) is -1.94. The van der Waals surface area contributed by atoms with Crippen molar-refractivity contribution in [2.75, 3.05) is 0 Å². The molecule has 21 heavy (non-hydrogen) atoms. The summed E-state index contributed by atoms with van der Waals surface area (Å²) in [5, 5.41) is 0. The van der Waals surface area contributed by atoms with Gasteiger partial charge in [0.25, 0.3) is 0 Å². The molecule has 0 aliphatic heterocycles. The van der Waals surface area contributed by atoms with Crippen LogP contribution in [0.15, 0.2) is 36.4 Å². The van der Waals surface area contributed by atoms with Crippen LogP contribution in [0.3, 0.4) is 0 Å². The summed E-state index contributed by atoms with van der Waals surface area (Å²) in [7, 11) is 0. The van der Waals surface area contributed by atoms with Crippen LogP contribution in [0.4, 0.5) is 17.6 Å². The molecule has 0 atom stereocenters. The van der Waals surface area contributed by atoms with E-state index in [1.807, 2.05) is 0 Å². The molecular formula is C16H12F4O. The fraction of sp³-hybridized carbons (Fsp3) is 0.188. The second kappa shape index (κ2) is 5.31. The molecule has 110 valence electrons. The van der Waals surface area contributed by atoms with Crippen molar-refractivity contribution in [1.29, 1.82) is 0 Å². The lowest BCUT2D eigenvalue weighted by Crippen LogP contribution is -2.11. The SMILES string of the molecule is Cc1cccc(C(=O)c2ccc(F)c(C(F)(F)F)c2)c1C. The van der Waals surface area contributed by atoms with Crippen LogP contribution >= 0.6 is 0 Å². The third kappa shape index (κ3) is 2.96. The van der Waals surface area contributed by atoms with Gasteiger partial charge in [0.2, 0.25) is 0 Å². The van der Waals surface area contributed by atoms with Gasteiger partial charge in [-0.25, -0.2) is 4.39 Å². The third-order valence-corrected chi connectivity index (χ3v) is 3.38. The van der Waals surface area contributed by atoms with Crippen LogP contribution in [0.1, 0.15) is 32.6 Å². The summed E-state index contributed by atoms with van der Waals surface area (Å²) in [6.07, 6.45) is -4.83. The fourth-order valence-electron chi connectivity index (χ4n) is 2.04. The van der Waals surface area contributed by atoms with Gasteiger partial charge in [-0.15, -0.1) is 0 Å². The number of rotatable bonds is 2. The molecule has 0 aromatic heterocycles. The zero-order valence-electron chi connectivity index (χ0n) is 11.4.